The Hall–Kier alpha value is -2.37. The first kappa shape index (κ1) is 17.7. The molecule has 0 aromatic heterocycles. The number of hydrogen-bond donors (Lipinski definition) is 3. The molecule has 2 amide bonds. The molecule has 6 nitrogen and oxygen atoms in total. The summed E-state index contributed by atoms with van der Waals surface area (Å²) in [4.78, 5) is 34.7. The quantitative estimate of drug-likeness (QED) is 0.750. The monoisotopic (exact) mass is 306 g/mol. The van der Waals surface area contributed by atoms with Gasteiger partial charge in [0.1, 0.15) is 6.04 Å². The third-order valence-electron chi connectivity index (χ3n) is 3.16. The number of aliphatic carboxylic acids is 1. The van der Waals surface area contributed by atoms with Gasteiger partial charge in [0.25, 0.3) is 5.91 Å². The van der Waals surface area contributed by atoms with Crippen LogP contribution in [0.5, 0.6) is 0 Å². The van der Waals surface area contributed by atoms with Gasteiger partial charge >= 0.3 is 5.97 Å². The van der Waals surface area contributed by atoms with E-state index in [1.807, 2.05) is 0 Å². The zero-order valence-corrected chi connectivity index (χ0v) is 13.2. The standard InChI is InChI=1S/C16H22N2O4/c1-9(2)13(16(21)22)18-15(20)11-5-7-12(8-6-11)17-14(19)10(3)4/h5-10,13H,1-4H3,(H,17,19)(H,18,20)(H,21,22)/t13-/m1/s1. The number of nitrogens with one attached hydrogen (secondary N) is 2. The van der Waals surface area contributed by atoms with E-state index in [1.165, 1.54) is 0 Å². The van der Waals surface area contributed by atoms with Gasteiger partial charge in [-0.05, 0) is 30.2 Å². The normalized spacial score (nSPS) is 12.1. The van der Waals surface area contributed by atoms with Crippen molar-refractivity contribution in [1.29, 1.82) is 0 Å². The summed E-state index contributed by atoms with van der Waals surface area (Å²) >= 11 is 0. The lowest BCUT2D eigenvalue weighted by Crippen LogP contribution is -2.44. The van der Waals surface area contributed by atoms with Crippen LogP contribution in [0.15, 0.2) is 24.3 Å². The highest BCUT2D eigenvalue weighted by Gasteiger charge is 2.23. The summed E-state index contributed by atoms with van der Waals surface area (Å²) in [5, 5.41) is 14.3. The van der Waals surface area contributed by atoms with Crippen molar-refractivity contribution in [2.75, 3.05) is 5.32 Å². The van der Waals surface area contributed by atoms with Gasteiger partial charge in [-0.2, -0.15) is 0 Å². The summed E-state index contributed by atoms with van der Waals surface area (Å²) in [7, 11) is 0. The van der Waals surface area contributed by atoms with Crippen molar-refractivity contribution in [3.8, 4) is 0 Å². The fourth-order valence-electron chi connectivity index (χ4n) is 1.73. The molecule has 6 heteroatoms. The van der Waals surface area contributed by atoms with Crippen molar-refractivity contribution in [1.82, 2.24) is 5.32 Å². The largest absolute Gasteiger partial charge is 0.480 e. The number of anilines is 1. The lowest BCUT2D eigenvalue weighted by molar-refractivity contribution is -0.140. The number of carbonyl (C=O) groups is 3. The van der Waals surface area contributed by atoms with Crippen molar-refractivity contribution < 1.29 is 19.5 Å². The first-order chi connectivity index (χ1) is 10.2. The maximum atomic E-state index is 12.0. The van der Waals surface area contributed by atoms with Gasteiger partial charge in [-0.25, -0.2) is 4.79 Å². The first-order valence-electron chi connectivity index (χ1n) is 7.17. The van der Waals surface area contributed by atoms with E-state index < -0.39 is 17.9 Å². The third-order valence-corrected chi connectivity index (χ3v) is 3.16. The minimum Gasteiger partial charge on any atom is -0.480 e. The van der Waals surface area contributed by atoms with Gasteiger partial charge in [-0.3, -0.25) is 9.59 Å². The second-order valence-corrected chi connectivity index (χ2v) is 5.75. The van der Waals surface area contributed by atoms with Crippen molar-refractivity contribution in [3.63, 3.8) is 0 Å². The maximum absolute atomic E-state index is 12.0. The molecule has 0 aliphatic rings. The molecule has 0 saturated carbocycles. The van der Waals surface area contributed by atoms with E-state index in [0.29, 0.717) is 11.3 Å². The van der Waals surface area contributed by atoms with Crippen LogP contribution in [0.1, 0.15) is 38.1 Å². The van der Waals surface area contributed by atoms with E-state index >= 15 is 0 Å². The molecule has 0 fully saturated rings. The Balaban J connectivity index is 2.75. The Morgan fingerprint density at radius 3 is 1.95 bits per heavy atom. The fraction of sp³-hybridized carbons (Fsp3) is 0.438. The molecule has 0 aliphatic heterocycles. The topological polar surface area (TPSA) is 95.5 Å². The Kier molecular flexibility index (Phi) is 6.10. The molecule has 1 rings (SSSR count). The molecule has 22 heavy (non-hydrogen) atoms. The highest BCUT2D eigenvalue weighted by molar-refractivity contribution is 5.97. The van der Waals surface area contributed by atoms with Crippen LogP contribution >= 0.6 is 0 Å². The number of carbonyl (C=O) groups excluding carboxylic acids is 2. The Morgan fingerprint density at radius 1 is 1.00 bits per heavy atom. The lowest BCUT2D eigenvalue weighted by atomic mass is 10.0. The SMILES string of the molecule is CC(C)C(=O)Nc1ccc(C(=O)N[C@@H](C(=O)O)C(C)C)cc1. The van der Waals surface area contributed by atoms with E-state index in [-0.39, 0.29) is 17.7 Å². The van der Waals surface area contributed by atoms with Crippen molar-refractivity contribution in [3.05, 3.63) is 29.8 Å². The lowest BCUT2D eigenvalue weighted by Gasteiger charge is -2.18. The third kappa shape index (κ3) is 4.87. The van der Waals surface area contributed by atoms with Crippen LogP contribution in [0, 0.1) is 11.8 Å². The van der Waals surface area contributed by atoms with Gasteiger partial charge in [0.15, 0.2) is 0 Å². The highest BCUT2D eigenvalue weighted by atomic mass is 16.4. The van der Waals surface area contributed by atoms with Crippen molar-refractivity contribution >= 4 is 23.5 Å². The fourth-order valence-corrected chi connectivity index (χ4v) is 1.73. The predicted molar refractivity (Wildman–Crippen MR) is 83.6 cm³/mol. The van der Waals surface area contributed by atoms with Gasteiger partial charge in [-0.15, -0.1) is 0 Å². The molecule has 120 valence electrons. The second-order valence-electron chi connectivity index (χ2n) is 5.75. The molecule has 0 aliphatic carbocycles. The second kappa shape index (κ2) is 7.59. The number of carboxylic acids is 1. The zero-order chi connectivity index (χ0) is 16.9. The molecule has 0 saturated heterocycles. The maximum Gasteiger partial charge on any atom is 0.326 e. The summed E-state index contributed by atoms with van der Waals surface area (Å²) in [5.74, 6) is -1.98. The van der Waals surface area contributed by atoms with E-state index in [9.17, 15) is 14.4 Å². The number of rotatable bonds is 6. The van der Waals surface area contributed by atoms with Gasteiger partial charge < -0.3 is 15.7 Å². The number of benzene rings is 1. The summed E-state index contributed by atoms with van der Waals surface area (Å²) in [6.45, 7) is 7.03. The van der Waals surface area contributed by atoms with Crippen LogP contribution in [0.3, 0.4) is 0 Å². The van der Waals surface area contributed by atoms with E-state index in [2.05, 4.69) is 10.6 Å². The van der Waals surface area contributed by atoms with Crippen LogP contribution in [0.2, 0.25) is 0 Å². The van der Waals surface area contributed by atoms with Gasteiger partial charge in [0.05, 0.1) is 0 Å². The molecule has 0 unspecified atom stereocenters. The minimum atomic E-state index is -1.07. The van der Waals surface area contributed by atoms with Crippen molar-refractivity contribution in [2.45, 2.75) is 33.7 Å². The van der Waals surface area contributed by atoms with E-state index in [4.69, 9.17) is 5.11 Å². The van der Waals surface area contributed by atoms with E-state index in [1.54, 1.807) is 52.0 Å². The summed E-state index contributed by atoms with van der Waals surface area (Å²) in [5.41, 5.74) is 0.934. The highest BCUT2D eigenvalue weighted by Crippen LogP contribution is 2.12. The van der Waals surface area contributed by atoms with Gasteiger partial charge in [-0.1, -0.05) is 27.7 Å². The van der Waals surface area contributed by atoms with Gasteiger partial charge in [0.2, 0.25) is 5.91 Å². The van der Waals surface area contributed by atoms with Crippen molar-refractivity contribution in [2.24, 2.45) is 11.8 Å². The number of amides is 2. The van der Waals surface area contributed by atoms with Crippen LogP contribution in [-0.2, 0) is 9.59 Å². The predicted octanol–water partition coefficient (Wildman–Crippen LogP) is 2.12. The molecular formula is C16H22N2O4. The van der Waals surface area contributed by atoms with Crippen LogP contribution in [-0.4, -0.2) is 28.9 Å². The molecule has 1 atom stereocenters. The molecule has 0 heterocycles. The summed E-state index contributed by atoms with van der Waals surface area (Å²) in [6.07, 6.45) is 0. The molecule has 0 radical (unpaired) electrons. The molecule has 1 aromatic rings. The Bertz CT molecular complexity index is 550. The Morgan fingerprint density at radius 2 is 1.55 bits per heavy atom. The first-order valence-corrected chi connectivity index (χ1v) is 7.17. The number of carboxylic acid groups (broad SMARTS) is 1. The minimum absolute atomic E-state index is 0.108. The average molecular weight is 306 g/mol. The molecule has 3 N–H and O–H groups in total. The van der Waals surface area contributed by atoms with Gasteiger partial charge in [0, 0.05) is 17.2 Å². The molecule has 0 spiro atoms. The summed E-state index contributed by atoms with van der Waals surface area (Å²) < 4.78 is 0. The Labute approximate surface area is 129 Å². The van der Waals surface area contributed by atoms with Crippen LogP contribution in [0.25, 0.3) is 0 Å². The molecule has 0 bridgehead atoms. The smallest absolute Gasteiger partial charge is 0.326 e. The molecule has 1 aromatic carbocycles. The van der Waals surface area contributed by atoms with Crippen LogP contribution < -0.4 is 10.6 Å². The number of hydrogen-bond acceptors (Lipinski definition) is 3. The molecular weight excluding hydrogens is 284 g/mol. The van der Waals surface area contributed by atoms with Crippen LogP contribution in [0.4, 0.5) is 5.69 Å². The average Bonchev–Trinajstić information content (AvgIpc) is 2.44. The summed E-state index contributed by atoms with van der Waals surface area (Å²) in [6, 6.07) is 5.38. The van der Waals surface area contributed by atoms with E-state index in [0.717, 1.165) is 0 Å². The zero-order valence-electron chi connectivity index (χ0n) is 13.2.